The highest BCUT2D eigenvalue weighted by molar-refractivity contribution is 5.79. The van der Waals surface area contributed by atoms with Gasteiger partial charge < -0.3 is 19.2 Å². The SMILES string of the molecule is Cc1ccccc1Oc1ccc(CC(=O)N2CCCC2c2ncc(CC(C)C(=O)O)o2)cc1. The average Bonchev–Trinajstić information content (AvgIpc) is 3.46. The molecule has 1 aliphatic heterocycles. The minimum Gasteiger partial charge on any atom is -0.481 e. The summed E-state index contributed by atoms with van der Waals surface area (Å²) in [5, 5.41) is 9.10. The lowest BCUT2D eigenvalue weighted by Crippen LogP contribution is -2.32. The Morgan fingerprint density at radius 1 is 1.21 bits per heavy atom. The number of ether oxygens (including phenoxy) is 1. The third-order valence-corrected chi connectivity index (χ3v) is 5.96. The smallest absolute Gasteiger partial charge is 0.306 e. The Kier molecular flexibility index (Phi) is 6.77. The molecule has 33 heavy (non-hydrogen) atoms. The van der Waals surface area contributed by atoms with Crippen molar-refractivity contribution in [1.29, 1.82) is 0 Å². The maximum Gasteiger partial charge on any atom is 0.306 e. The second-order valence-corrected chi connectivity index (χ2v) is 8.54. The topological polar surface area (TPSA) is 92.9 Å². The molecule has 7 nitrogen and oxygen atoms in total. The first-order valence-corrected chi connectivity index (χ1v) is 11.2. The number of oxazole rings is 1. The summed E-state index contributed by atoms with van der Waals surface area (Å²) < 4.78 is 11.8. The van der Waals surface area contributed by atoms with Gasteiger partial charge in [-0.25, -0.2) is 4.98 Å². The molecular formula is C26H28N2O5. The number of carboxylic acid groups (broad SMARTS) is 1. The van der Waals surface area contributed by atoms with Gasteiger partial charge in [-0.15, -0.1) is 0 Å². The predicted octanol–water partition coefficient (Wildman–Crippen LogP) is 4.94. The molecule has 2 heterocycles. The number of para-hydroxylation sites is 1. The summed E-state index contributed by atoms with van der Waals surface area (Å²) in [6.07, 6.45) is 3.79. The Bertz CT molecular complexity index is 1120. The molecule has 2 unspecified atom stereocenters. The lowest BCUT2D eigenvalue weighted by molar-refractivity contribution is -0.141. The Labute approximate surface area is 193 Å². The number of carbonyl (C=O) groups is 2. The van der Waals surface area contributed by atoms with E-state index in [4.69, 9.17) is 14.3 Å². The number of carboxylic acids is 1. The highest BCUT2D eigenvalue weighted by Gasteiger charge is 2.33. The maximum atomic E-state index is 13.0. The number of carbonyl (C=O) groups excluding carboxylic acids is 1. The van der Waals surface area contributed by atoms with E-state index in [0.717, 1.165) is 35.5 Å². The van der Waals surface area contributed by atoms with Crippen molar-refractivity contribution in [1.82, 2.24) is 9.88 Å². The van der Waals surface area contributed by atoms with Crippen molar-refractivity contribution in [3.63, 3.8) is 0 Å². The largest absolute Gasteiger partial charge is 0.481 e. The van der Waals surface area contributed by atoms with E-state index < -0.39 is 11.9 Å². The first-order valence-electron chi connectivity index (χ1n) is 11.2. The number of hydrogen-bond donors (Lipinski definition) is 1. The van der Waals surface area contributed by atoms with E-state index >= 15 is 0 Å². The van der Waals surface area contributed by atoms with Crippen molar-refractivity contribution in [3.8, 4) is 11.5 Å². The zero-order chi connectivity index (χ0) is 23.4. The number of aromatic nitrogens is 1. The van der Waals surface area contributed by atoms with Gasteiger partial charge in [0.25, 0.3) is 0 Å². The number of rotatable bonds is 8. The normalized spacial score (nSPS) is 16.5. The summed E-state index contributed by atoms with van der Waals surface area (Å²) in [5.41, 5.74) is 1.97. The monoisotopic (exact) mass is 448 g/mol. The molecule has 0 radical (unpaired) electrons. The van der Waals surface area contributed by atoms with Gasteiger partial charge in [0.1, 0.15) is 23.3 Å². The number of amides is 1. The average molecular weight is 449 g/mol. The molecule has 0 bridgehead atoms. The van der Waals surface area contributed by atoms with E-state index in [1.807, 2.05) is 60.4 Å². The maximum absolute atomic E-state index is 13.0. The van der Waals surface area contributed by atoms with Crippen molar-refractivity contribution in [2.75, 3.05) is 6.54 Å². The standard InChI is InChI=1S/C26H28N2O5/c1-17-6-3-4-8-23(17)32-20-11-9-19(10-12-20)15-24(29)28-13-5-7-22(28)25-27-16-21(33-25)14-18(2)26(30)31/h3-4,6,8-12,16,18,22H,5,7,13-15H2,1-2H3,(H,30,31). The molecule has 3 aromatic rings. The van der Waals surface area contributed by atoms with Gasteiger partial charge in [0, 0.05) is 13.0 Å². The second-order valence-electron chi connectivity index (χ2n) is 8.54. The molecule has 0 spiro atoms. The first-order chi connectivity index (χ1) is 15.9. The molecule has 1 fully saturated rings. The Morgan fingerprint density at radius 3 is 2.70 bits per heavy atom. The molecular weight excluding hydrogens is 420 g/mol. The molecule has 1 amide bonds. The van der Waals surface area contributed by atoms with Gasteiger partial charge in [0.2, 0.25) is 11.8 Å². The van der Waals surface area contributed by atoms with Crippen molar-refractivity contribution in [2.45, 2.75) is 45.6 Å². The van der Waals surface area contributed by atoms with Gasteiger partial charge in [-0.3, -0.25) is 9.59 Å². The lowest BCUT2D eigenvalue weighted by Gasteiger charge is -2.22. The Hall–Kier alpha value is -3.61. The molecule has 2 atom stereocenters. The van der Waals surface area contributed by atoms with E-state index in [2.05, 4.69) is 4.98 Å². The number of hydrogen-bond acceptors (Lipinski definition) is 5. The number of nitrogens with zero attached hydrogens (tertiary/aromatic N) is 2. The summed E-state index contributed by atoms with van der Waals surface area (Å²) in [6.45, 7) is 4.28. The van der Waals surface area contributed by atoms with Crippen LogP contribution >= 0.6 is 0 Å². The number of likely N-dealkylation sites (tertiary alicyclic amines) is 1. The van der Waals surface area contributed by atoms with Crippen LogP contribution in [0.4, 0.5) is 0 Å². The minimum atomic E-state index is -0.874. The fraction of sp³-hybridized carbons (Fsp3) is 0.346. The summed E-state index contributed by atoms with van der Waals surface area (Å²) in [7, 11) is 0. The second kappa shape index (κ2) is 9.90. The molecule has 1 N–H and O–H groups in total. The van der Waals surface area contributed by atoms with Crippen LogP contribution in [0.5, 0.6) is 11.5 Å². The molecule has 7 heteroatoms. The quantitative estimate of drug-likeness (QED) is 0.524. The van der Waals surface area contributed by atoms with Gasteiger partial charge in [0.15, 0.2) is 0 Å². The van der Waals surface area contributed by atoms with Crippen LogP contribution in [0.3, 0.4) is 0 Å². The van der Waals surface area contributed by atoms with Crippen LogP contribution in [0, 0.1) is 12.8 Å². The van der Waals surface area contributed by atoms with Crippen molar-refractivity contribution in [2.24, 2.45) is 5.92 Å². The number of aliphatic carboxylic acids is 1. The van der Waals surface area contributed by atoms with Gasteiger partial charge in [-0.1, -0.05) is 37.3 Å². The molecule has 1 aromatic heterocycles. The molecule has 1 saturated heterocycles. The van der Waals surface area contributed by atoms with Crippen molar-refractivity contribution in [3.05, 3.63) is 77.5 Å². The molecule has 4 rings (SSSR count). The highest BCUT2D eigenvalue weighted by atomic mass is 16.5. The van der Waals surface area contributed by atoms with Crippen LogP contribution in [-0.4, -0.2) is 33.4 Å². The van der Waals surface area contributed by atoms with Crippen LogP contribution in [0.15, 0.2) is 59.1 Å². The van der Waals surface area contributed by atoms with Crippen LogP contribution in [0.1, 0.15) is 48.6 Å². The Morgan fingerprint density at radius 2 is 1.97 bits per heavy atom. The summed E-state index contributed by atoms with van der Waals surface area (Å²) in [5.74, 6) is 1.14. The zero-order valence-corrected chi connectivity index (χ0v) is 18.9. The summed E-state index contributed by atoms with van der Waals surface area (Å²) >= 11 is 0. The predicted molar refractivity (Wildman–Crippen MR) is 122 cm³/mol. The molecule has 2 aromatic carbocycles. The minimum absolute atomic E-state index is 0.0173. The van der Waals surface area contributed by atoms with Gasteiger partial charge >= 0.3 is 5.97 Å². The van der Waals surface area contributed by atoms with Gasteiger partial charge in [0.05, 0.1) is 18.5 Å². The van der Waals surface area contributed by atoms with Gasteiger partial charge in [-0.2, -0.15) is 0 Å². The van der Waals surface area contributed by atoms with Crippen molar-refractivity contribution < 1.29 is 23.8 Å². The van der Waals surface area contributed by atoms with E-state index in [0.29, 0.717) is 18.2 Å². The third kappa shape index (κ3) is 5.42. The lowest BCUT2D eigenvalue weighted by atomic mass is 10.1. The Balaban J connectivity index is 1.38. The number of benzene rings is 2. The van der Waals surface area contributed by atoms with Crippen LogP contribution in [-0.2, 0) is 22.4 Å². The molecule has 172 valence electrons. The molecule has 0 saturated carbocycles. The fourth-order valence-corrected chi connectivity index (χ4v) is 4.03. The first kappa shape index (κ1) is 22.6. The highest BCUT2D eigenvalue weighted by Crippen LogP contribution is 2.33. The molecule has 0 aliphatic carbocycles. The van der Waals surface area contributed by atoms with E-state index in [1.165, 1.54) is 0 Å². The van der Waals surface area contributed by atoms with Gasteiger partial charge in [-0.05, 0) is 49.1 Å². The number of aryl methyl sites for hydroxylation is 1. The zero-order valence-electron chi connectivity index (χ0n) is 18.9. The van der Waals surface area contributed by atoms with Crippen LogP contribution in [0.2, 0.25) is 0 Å². The van der Waals surface area contributed by atoms with E-state index in [-0.39, 0.29) is 24.8 Å². The van der Waals surface area contributed by atoms with Crippen LogP contribution < -0.4 is 4.74 Å². The van der Waals surface area contributed by atoms with Crippen LogP contribution in [0.25, 0.3) is 0 Å². The van der Waals surface area contributed by atoms with Crippen molar-refractivity contribution >= 4 is 11.9 Å². The summed E-state index contributed by atoms with van der Waals surface area (Å²) in [4.78, 5) is 30.3. The molecule has 1 aliphatic rings. The van der Waals surface area contributed by atoms with E-state index in [9.17, 15) is 9.59 Å². The van der Waals surface area contributed by atoms with E-state index in [1.54, 1.807) is 13.1 Å². The summed E-state index contributed by atoms with van der Waals surface area (Å²) in [6, 6.07) is 15.2. The third-order valence-electron chi connectivity index (χ3n) is 5.96. The fourth-order valence-electron chi connectivity index (χ4n) is 4.03.